The summed E-state index contributed by atoms with van der Waals surface area (Å²) in [5.41, 5.74) is 5.85. The average Bonchev–Trinajstić information content (AvgIpc) is 2.42. The molecule has 1 aromatic heterocycles. The maximum atomic E-state index is 8.49. The van der Waals surface area contributed by atoms with Crippen molar-refractivity contribution in [2.24, 2.45) is 10.9 Å². The second-order valence-corrected chi connectivity index (χ2v) is 4.13. The topological polar surface area (TPSA) is 80.7 Å². The second kappa shape index (κ2) is 8.33. The molecular formula is C13H21N3O2. The standard InChI is InChI=1S/C13H21N3O2/c1-2-3-4-5-6-9-18-11-7-8-12(15-10-11)13(14)16-17/h7-8,10,17H,2-6,9H2,1H3,(H2,14,16). The molecule has 0 unspecified atom stereocenters. The van der Waals surface area contributed by atoms with Gasteiger partial charge >= 0.3 is 0 Å². The monoisotopic (exact) mass is 251 g/mol. The van der Waals surface area contributed by atoms with E-state index in [1.807, 2.05) is 0 Å². The van der Waals surface area contributed by atoms with Gasteiger partial charge in [0.1, 0.15) is 11.4 Å². The minimum Gasteiger partial charge on any atom is -0.492 e. The van der Waals surface area contributed by atoms with Crippen LogP contribution in [0.4, 0.5) is 0 Å². The van der Waals surface area contributed by atoms with E-state index in [2.05, 4.69) is 17.1 Å². The number of aromatic nitrogens is 1. The highest BCUT2D eigenvalue weighted by molar-refractivity contribution is 5.95. The van der Waals surface area contributed by atoms with Crippen LogP contribution < -0.4 is 10.5 Å². The summed E-state index contributed by atoms with van der Waals surface area (Å²) in [6.07, 6.45) is 7.64. The molecule has 0 amide bonds. The molecule has 0 saturated heterocycles. The molecule has 0 saturated carbocycles. The van der Waals surface area contributed by atoms with Gasteiger partial charge in [-0.3, -0.25) is 0 Å². The zero-order valence-electron chi connectivity index (χ0n) is 10.8. The quantitative estimate of drug-likeness (QED) is 0.244. The number of hydrogen-bond acceptors (Lipinski definition) is 4. The molecule has 0 bridgehead atoms. The van der Waals surface area contributed by atoms with E-state index < -0.39 is 0 Å². The van der Waals surface area contributed by atoms with E-state index in [1.54, 1.807) is 18.3 Å². The van der Waals surface area contributed by atoms with E-state index in [-0.39, 0.29) is 5.84 Å². The Morgan fingerprint density at radius 3 is 2.72 bits per heavy atom. The van der Waals surface area contributed by atoms with Crippen molar-refractivity contribution in [1.82, 2.24) is 4.98 Å². The van der Waals surface area contributed by atoms with Crippen molar-refractivity contribution in [3.05, 3.63) is 24.0 Å². The lowest BCUT2D eigenvalue weighted by Crippen LogP contribution is -2.14. The predicted octanol–water partition coefficient (Wildman–Crippen LogP) is 2.53. The van der Waals surface area contributed by atoms with Crippen LogP contribution in [0.3, 0.4) is 0 Å². The van der Waals surface area contributed by atoms with Gasteiger partial charge in [0.05, 0.1) is 12.8 Å². The molecule has 1 heterocycles. The highest BCUT2D eigenvalue weighted by Gasteiger charge is 2.01. The number of pyridine rings is 1. The zero-order valence-corrected chi connectivity index (χ0v) is 10.8. The molecule has 0 aliphatic carbocycles. The van der Waals surface area contributed by atoms with Crippen LogP contribution in [-0.2, 0) is 0 Å². The lowest BCUT2D eigenvalue weighted by atomic mass is 10.2. The van der Waals surface area contributed by atoms with Crippen LogP contribution in [0.2, 0.25) is 0 Å². The summed E-state index contributed by atoms with van der Waals surface area (Å²) in [6.45, 7) is 2.90. The molecule has 5 heteroatoms. The van der Waals surface area contributed by atoms with Crippen LogP contribution in [0.1, 0.15) is 44.7 Å². The molecule has 1 aromatic rings. The number of amidine groups is 1. The molecule has 0 atom stereocenters. The smallest absolute Gasteiger partial charge is 0.188 e. The van der Waals surface area contributed by atoms with Crippen LogP contribution in [0.15, 0.2) is 23.5 Å². The first kappa shape index (κ1) is 14.3. The number of rotatable bonds is 8. The van der Waals surface area contributed by atoms with Gasteiger partial charge in [0, 0.05) is 0 Å². The molecule has 0 aliphatic rings. The second-order valence-electron chi connectivity index (χ2n) is 4.13. The Hall–Kier alpha value is -1.78. The summed E-state index contributed by atoms with van der Waals surface area (Å²) in [4.78, 5) is 4.04. The van der Waals surface area contributed by atoms with Crippen molar-refractivity contribution in [1.29, 1.82) is 0 Å². The highest BCUT2D eigenvalue weighted by Crippen LogP contribution is 2.10. The van der Waals surface area contributed by atoms with Crippen molar-refractivity contribution >= 4 is 5.84 Å². The average molecular weight is 251 g/mol. The van der Waals surface area contributed by atoms with Gasteiger partial charge in [-0.05, 0) is 18.6 Å². The van der Waals surface area contributed by atoms with Gasteiger partial charge < -0.3 is 15.7 Å². The largest absolute Gasteiger partial charge is 0.492 e. The summed E-state index contributed by atoms with van der Waals surface area (Å²) in [6, 6.07) is 3.44. The molecule has 5 nitrogen and oxygen atoms in total. The van der Waals surface area contributed by atoms with Crippen molar-refractivity contribution in [3.8, 4) is 5.75 Å². The van der Waals surface area contributed by atoms with E-state index in [0.29, 0.717) is 18.1 Å². The third-order valence-corrected chi connectivity index (χ3v) is 2.62. The summed E-state index contributed by atoms with van der Waals surface area (Å²) in [5, 5.41) is 11.4. The van der Waals surface area contributed by atoms with E-state index in [1.165, 1.54) is 25.7 Å². The van der Waals surface area contributed by atoms with Gasteiger partial charge in [0.25, 0.3) is 0 Å². The Morgan fingerprint density at radius 1 is 1.33 bits per heavy atom. The van der Waals surface area contributed by atoms with Gasteiger partial charge in [0.2, 0.25) is 0 Å². The lowest BCUT2D eigenvalue weighted by Gasteiger charge is -2.06. The van der Waals surface area contributed by atoms with E-state index >= 15 is 0 Å². The number of oxime groups is 1. The molecule has 1 rings (SSSR count). The third kappa shape index (κ3) is 5.03. The van der Waals surface area contributed by atoms with E-state index in [0.717, 1.165) is 6.42 Å². The van der Waals surface area contributed by atoms with E-state index in [9.17, 15) is 0 Å². The van der Waals surface area contributed by atoms with Crippen molar-refractivity contribution in [2.75, 3.05) is 6.61 Å². The maximum absolute atomic E-state index is 8.49. The SMILES string of the molecule is CCCCCCCOc1ccc(/C(N)=N/O)nc1. The molecule has 0 spiro atoms. The molecular weight excluding hydrogens is 230 g/mol. The Morgan fingerprint density at radius 2 is 2.11 bits per heavy atom. The van der Waals surface area contributed by atoms with Gasteiger partial charge in [-0.25, -0.2) is 4.98 Å². The number of ether oxygens (including phenoxy) is 1. The van der Waals surface area contributed by atoms with E-state index in [4.69, 9.17) is 15.7 Å². The minimum absolute atomic E-state index is 0.00103. The van der Waals surface area contributed by atoms with Gasteiger partial charge in [-0.2, -0.15) is 0 Å². The number of nitrogens with zero attached hydrogens (tertiary/aromatic N) is 2. The van der Waals surface area contributed by atoms with Crippen LogP contribution in [0.5, 0.6) is 5.75 Å². The molecule has 18 heavy (non-hydrogen) atoms. The fourth-order valence-corrected chi connectivity index (χ4v) is 1.56. The van der Waals surface area contributed by atoms with Crippen LogP contribution in [0.25, 0.3) is 0 Å². The molecule has 0 radical (unpaired) electrons. The van der Waals surface area contributed by atoms with Crippen LogP contribution >= 0.6 is 0 Å². The fourth-order valence-electron chi connectivity index (χ4n) is 1.56. The maximum Gasteiger partial charge on any atom is 0.188 e. The summed E-state index contributed by atoms with van der Waals surface area (Å²) >= 11 is 0. The van der Waals surface area contributed by atoms with Gasteiger partial charge in [-0.15, -0.1) is 0 Å². The van der Waals surface area contributed by atoms with Crippen molar-refractivity contribution < 1.29 is 9.94 Å². The fraction of sp³-hybridized carbons (Fsp3) is 0.538. The Labute approximate surface area is 108 Å². The minimum atomic E-state index is 0.00103. The zero-order chi connectivity index (χ0) is 13.2. The predicted molar refractivity (Wildman–Crippen MR) is 71.0 cm³/mol. The van der Waals surface area contributed by atoms with Crippen LogP contribution in [-0.4, -0.2) is 22.6 Å². The number of unbranched alkanes of at least 4 members (excludes halogenated alkanes) is 4. The number of nitrogens with two attached hydrogens (primary N) is 1. The normalized spacial score (nSPS) is 11.5. The third-order valence-electron chi connectivity index (χ3n) is 2.62. The highest BCUT2D eigenvalue weighted by atomic mass is 16.5. The van der Waals surface area contributed by atoms with Crippen molar-refractivity contribution in [3.63, 3.8) is 0 Å². The Bertz CT molecular complexity index is 363. The first-order valence-electron chi connectivity index (χ1n) is 6.34. The van der Waals surface area contributed by atoms with Crippen LogP contribution in [0, 0.1) is 0 Å². The molecule has 0 aliphatic heterocycles. The van der Waals surface area contributed by atoms with Gasteiger partial charge in [0.15, 0.2) is 5.84 Å². The summed E-state index contributed by atoms with van der Waals surface area (Å²) < 4.78 is 5.55. The van der Waals surface area contributed by atoms with Gasteiger partial charge in [-0.1, -0.05) is 37.8 Å². The summed E-state index contributed by atoms with van der Waals surface area (Å²) in [7, 11) is 0. The first-order valence-corrected chi connectivity index (χ1v) is 6.34. The molecule has 100 valence electrons. The van der Waals surface area contributed by atoms with Crippen molar-refractivity contribution in [2.45, 2.75) is 39.0 Å². The first-order chi connectivity index (χ1) is 8.77. The number of hydrogen-bond donors (Lipinski definition) is 2. The summed E-state index contributed by atoms with van der Waals surface area (Å²) in [5.74, 6) is 0.709. The Balaban J connectivity index is 2.27. The molecule has 0 fully saturated rings. The molecule has 0 aromatic carbocycles. The molecule has 3 N–H and O–H groups in total. The lowest BCUT2D eigenvalue weighted by molar-refractivity contribution is 0.303. The Kier molecular flexibility index (Phi) is 6.61.